The van der Waals surface area contributed by atoms with E-state index >= 15 is 0 Å². The second-order valence-corrected chi connectivity index (χ2v) is 4.83. The molecule has 0 radical (unpaired) electrons. The molecule has 0 amide bonds. The summed E-state index contributed by atoms with van der Waals surface area (Å²) in [7, 11) is 0. The fraction of sp³-hybridized carbons (Fsp3) is 1.00. The molecule has 9 heavy (non-hydrogen) atoms. The maximum atomic E-state index is 9.02. The van der Waals surface area contributed by atoms with Crippen LogP contribution in [0.1, 0.15) is 13.8 Å². The van der Waals surface area contributed by atoms with E-state index in [0.717, 1.165) is 0 Å². The molecule has 5 heteroatoms. The van der Waals surface area contributed by atoms with Crippen molar-refractivity contribution >= 4 is 18.5 Å². The first-order valence-electron chi connectivity index (χ1n) is 2.71. The quantitative estimate of drug-likeness (QED) is 0.548. The molecule has 1 aliphatic heterocycles. The summed E-state index contributed by atoms with van der Waals surface area (Å²) in [5, 5.41) is 0. The first-order valence-corrected chi connectivity index (χ1v) is 5.30. The van der Waals surface area contributed by atoms with E-state index in [1.807, 2.05) is 13.8 Å². The zero-order chi connectivity index (χ0) is 7.07. The Morgan fingerprint density at radius 2 is 1.67 bits per heavy atom. The normalized spacial score (nSPS) is 51.9. The third-order valence-electron chi connectivity index (χ3n) is 1.26. The highest BCUT2D eigenvalue weighted by Gasteiger charge is 2.34. The summed E-state index contributed by atoms with van der Waals surface area (Å²) >= 11 is 4.58. The maximum absolute atomic E-state index is 9.02. The molecule has 1 rings (SSSR count). The molecular weight excluding hydrogens is 159 g/mol. The van der Waals surface area contributed by atoms with E-state index in [-0.39, 0.29) is 12.2 Å². The average Bonchev–Trinajstić information content (AvgIpc) is 1.79. The summed E-state index contributed by atoms with van der Waals surface area (Å²) < 4.78 is 9.84. The number of rotatable bonds is 0. The van der Waals surface area contributed by atoms with E-state index in [1.54, 1.807) is 0 Å². The van der Waals surface area contributed by atoms with Crippen molar-refractivity contribution in [1.29, 1.82) is 0 Å². The van der Waals surface area contributed by atoms with E-state index in [2.05, 4.69) is 11.8 Å². The van der Waals surface area contributed by atoms with Crippen molar-refractivity contribution in [2.75, 3.05) is 0 Å². The average molecular weight is 168 g/mol. The van der Waals surface area contributed by atoms with Crippen LogP contribution in [-0.2, 0) is 20.9 Å². The molecule has 0 aromatic rings. The standard InChI is InChI=1S/C4H9O3PS/c1-3-4(2)7-8(5,9)6-3/h3-4H,1-2H3,(H,5,9)/t3-,4+,8?. The van der Waals surface area contributed by atoms with Gasteiger partial charge in [0.2, 0.25) is 0 Å². The van der Waals surface area contributed by atoms with Crippen LogP contribution in [-0.4, -0.2) is 17.1 Å². The molecule has 0 aromatic carbocycles. The van der Waals surface area contributed by atoms with E-state index < -0.39 is 6.72 Å². The Balaban J connectivity index is 2.65. The number of hydrogen-bond donors (Lipinski definition) is 1. The van der Waals surface area contributed by atoms with Gasteiger partial charge in [0.1, 0.15) is 0 Å². The fourth-order valence-electron chi connectivity index (χ4n) is 0.616. The van der Waals surface area contributed by atoms with Gasteiger partial charge in [0.25, 0.3) is 0 Å². The molecule has 0 aliphatic carbocycles. The van der Waals surface area contributed by atoms with Crippen LogP contribution in [0.4, 0.5) is 0 Å². The van der Waals surface area contributed by atoms with Crippen LogP contribution in [0.5, 0.6) is 0 Å². The van der Waals surface area contributed by atoms with E-state index in [4.69, 9.17) is 13.9 Å². The molecular formula is C4H9O3PS. The van der Waals surface area contributed by atoms with Gasteiger partial charge in [-0.25, -0.2) is 0 Å². The Labute approximate surface area is 59.2 Å². The highest BCUT2D eigenvalue weighted by atomic mass is 32.5. The third kappa shape index (κ3) is 1.72. The molecule has 3 nitrogen and oxygen atoms in total. The van der Waals surface area contributed by atoms with E-state index in [0.29, 0.717) is 0 Å². The van der Waals surface area contributed by atoms with Gasteiger partial charge in [-0.15, -0.1) is 0 Å². The SMILES string of the molecule is C[C@@H]1OP(O)(=S)O[C@@H]1C. The van der Waals surface area contributed by atoms with Gasteiger partial charge in [0.05, 0.1) is 12.2 Å². The van der Waals surface area contributed by atoms with Gasteiger partial charge in [0.15, 0.2) is 0 Å². The molecule has 0 saturated carbocycles. The van der Waals surface area contributed by atoms with Crippen molar-refractivity contribution in [2.45, 2.75) is 26.1 Å². The summed E-state index contributed by atoms with van der Waals surface area (Å²) in [5.41, 5.74) is 0. The van der Waals surface area contributed by atoms with Crippen molar-refractivity contribution in [3.63, 3.8) is 0 Å². The van der Waals surface area contributed by atoms with Crippen molar-refractivity contribution in [2.24, 2.45) is 0 Å². The van der Waals surface area contributed by atoms with Crippen LogP contribution >= 0.6 is 6.72 Å². The monoisotopic (exact) mass is 168 g/mol. The van der Waals surface area contributed by atoms with Gasteiger partial charge in [-0.2, -0.15) is 0 Å². The summed E-state index contributed by atoms with van der Waals surface area (Å²) in [4.78, 5) is 9.02. The fourth-order valence-corrected chi connectivity index (χ4v) is 2.66. The molecule has 1 aliphatic rings. The topological polar surface area (TPSA) is 38.7 Å². The Kier molecular flexibility index (Phi) is 1.94. The second kappa shape index (κ2) is 2.29. The number of hydrogen-bond acceptors (Lipinski definition) is 3. The smallest absolute Gasteiger partial charge is 0.324 e. The minimum atomic E-state index is -2.82. The van der Waals surface area contributed by atoms with Crippen LogP contribution in [0.25, 0.3) is 0 Å². The Morgan fingerprint density at radius 1 is 1.33 bits per heavy atom. The van der Waals surface area contributed by atoms with Gasteiger partial charge < -0.3 is 13.9 Å². The molecule has 1 saturated heterocycles. The highest BCUT2D eigenvalue weighted by molar-refractivity contribution is 8.07. The van der Waals surface area contributed by atoms with Crippen molar-refractivity contribution in [1.82, 2.24) is 0 Å². The van der Waals surface area contributed by atoms with Crippen LogP contribution in [0, 0.1) is 0 Å². The van der Waals surface area contributed by atoms with Crippen LogP contribution in [0.2, 0.25) is 0 Å². The maximum Gasteiger partial charge on any atom is 0.325 e. The minimum Gasteiger partial charge on any atom is -0.324 e. The lowest BCUT2D eigenvalue weighted by Crippen LogP contribution is -2.13. The van der Waals surface area contributed by atoms with Crippen LogP contribution < -0.4 is 0 Å². The zero-order valence-electron chi connectivity index (χ0n) is 5.27. The first kappa shape index (κ1) is 7.63. The van der Waals surface area contributed by atoms with Gasteiger partial charge in [-0.05, 0) is 25.7 Å². The lowest BCUT2D eigenvalue weighted by atomic mass is 10.3. The lowest BCUT2D eigenvalue weighted by molar-refractivity contribution is 0.187. The van der Waals surface area contributed by atoms with Gasteiger partial charge >= 0.3 is 6.72 Å². The Bertz CT molecular complexity index is 146. The van der Waals surface area contributed by atoms with Crippen LogP contribution in [0.15, 0.2) is 0 Å². The van der Waals surface area contributed by atoms with Gasteiger partial charge in [0, 0.05) is 0 Å². The summed E-state index contributed by atoms with van der Waals surface area (Å²) in [6.07, 6.45) is -0.137. The predicted molar refractivity (Wildman–Crippen MR) is 37.6 cm³/mol. The Morgan fingerprint density at radius 3 is 1.78 bits per heavy atom. The van der Waals surface area contributed by atoms with Crippen molar-refractivity contribution in [3.05, 3.63) is 0 Å². The third-order valence-corrected chi connectivity index (χ3v) is 2.97. The van der Waals surface area contributed by atoms with Crippen molar-refractivity contribution in [3.8, 4) is 0 Å². The summed E-state index contributed by atoms with van der Waals surface area (Å²) in [5.74, 6) is 0. The van der Waals surface area contributed by atoms with Gasteiger partial charge in [-0.1, -0.05) is 0 Å². The summed E-state index contributed by atoms with van der Waals surface area (Å²) in [6, 6.07) is 0. The molecule has 54 valence electrons. The van der Waals surface area contributed by atoms with E-state index in [9.17, 15) is 0 Å². The van der Waals surface area contributed by atoms with Crippen LogP contribution in [0.3, 0.4) is 0 Å². The molecule has 0 aromatic heterocycles. The predicted octanol–water partition coefficient (Wildman–Crippen LogP) is 1.03. The second-order valence-electron chi connectivity index (χ2n) is 2.09. The zero-order valence-corrected chi connectivity index (χ0v) is 6.98. The molecule has 0 spiro atoms. The van der Waals surface area contributed by atoms with Gasteiger partial charge in [-0.3, -0.25) is 0 Å². The molecule has 0 bridgehead atoms. The molecule has 1 unspecified atom stereocenters. The highest BCUT2D eigenvalue weighted by Crippen LogP contribution is 2.52. The minimum absolute atomic E-state index is 0.0687. The first-order chi connectivity index (χ1) is 4.01. The molecule has 1 heterocycles. The Hall–Kier alpha value is 0.530. The molecule has 3 atom stereocenters. The van der Waals surface area contributed by atoms with Crippen molar-refractivity contribution < 1.29 is 13.9 Å². The largest absolute Gasteiger partial charge is 0.325 e. The summed E-state index contributed by atoms with van der Waals surface area (Å²) in [6.45, 7) is 0.834. The molecule has 1 N–H and O–H groups in total. The van der Waals surface area contributed by atoms with E-state index in [1.165, 1.54) is 0 Å². The molecule has 1 fully saturated rings. The lowest BCUT2D eigenvalue weighted by Gasteiger charge is -2.02.